The Bertz CT molecular complexity index is 410. The van der Waals surface area contributed by atoms with Crippen molar-refractivity contribution in [1.29, 1.82) is 0 Å². The molecule has 0 radical (unpaired) electrons. The molecule has 1 aromatic carbocycles. The van der Waals surface area contributed by atoms with Gasteiger partial charge in [0.05, 0.1) is 19.8 Å². The van der Waals surface area contributed by atoms with Crippen LogP contribution in [0.3, 0.4) is 0 Å². The normalized spacial score (nSPS) is 11.9. The number of methoxy groups -OCH3 is 1. The van der Waals surface area contributed by atoms with Crippen molar-refractivity contribution in [3.8, 4) is 0 Å². The van der Waals surface area contributed by atoms with Gasteiger partial charge in [-0.2, -0.15) is 0 Å². The van der Waals surface area contributed by atoms with E-state index in [-0.39, 0.29) is 12.1 Å². The largest absolute Gasteiger partial charge is 0.382 e. The highest BCUT2D eigenvalue weighted by atomic mass is 16.5. The van der Waals surface area contributed by atoms with Crippen molar-refractivity contribution < 1.29 is 14.3 Å². The minimum Gasteiger partial charge on any atom is -0.382 e. The molecule has 1 atom stereocenters. The summed E-state index contributed by atoms with van der Waals surface area (Å²) >= 11 is 0. The number of benzene rings is 1. The molecule has 1 aromatic rings. The number of hydrogen-bond acceptors (Lipinski definition) is 3. The summed E-state index contributed by atoms with van der Waals surface area (Å²) in [6, 6.07) is 7.60. The topological polar surface area (TPSA) is 59.6 Å². The lowest BCUT2D eigenvalue weighted by Gasteiger charge is -2.13. The third-order valence-electron chi connectivity index (χ3n) is 2.88. The van der Waals surface area contributed by atoms with Gasteiger partial charge >= 0.3 is 6.03 Å². The Morgan fingerprint density at radius 2 is 2.15 bits per heavy atom. The Morgan fingerprint density at radius 3 is 2.85 bits per heavy atom. The van der Waals surface area contributed by atoms with Crippen LogP contribution in [-0.2, 0) is 16.1 Å². The molecule has 0 saturated carbocycles. The number of ether oxygens (including phenoxy) is 2. The molecular formula is C15H24N2O3. The van der Waals surface area contributed by atoms with Gasteiger partial charge in [0.2, 0.25) is 0 Å². The summed E-state index contributed by atoms with van der Waals surface area (Å²) in [5, 5.41) is 5.68. The number of anilines is 1. The van der Waals surface area contributed by atoms with Crippen molar-refractivity contribution in [1.82, 2.24) is 5.32 Å². The zero-order chi connectivity index (χ0) is 14.8. The second-order valence-electron chi connectivity index (χ2n) is 4.65. The van der Waals surface area contributed by atoms with Crippen LogP contribution in [0.2, 0.25) is 0 Å². The third kappa shape index (κ3) is 6.54. The first-order valence-electron chi connectivity index (χ1n) is 6.88. The average molecular weight is 280 g/mol. The van der Waals surface area contributed by atoms with Crippen LogP contribution in [0.15, 0.2) is 24.3 Å². The van der Waals surface area contributed by atoms with Crippen molar-refractivity contribution >= 4 is 11.7 Å². The van der Waals surface area contributed by atoms with Crippen molar-refractivity contribution in [3.63, 3.8) is 0 Å². The molecule has 0 spiro atoms. The van der Waals surface area contributed by atoms with Gasteiger partial charge in [-0.1, -0.05) is 19.1 Å². The standard InChI is InChI=1S/C15H24N2O3/c1-4-12(2)16-15(18)17-14-7-5-6-13(10-14)11-20-9-8-19-3/h5-7,10,12H,4,8-9,11H2,1-3H3,(H2,16,17,18)/t12-/m1/s1. The maximum Gasteiger partial charge on any atom is 0.319 e. The molecule has 0 saturated heterocycles. The maximum atomic E-state index is 11.7. The van der Waals surface area contributed by atoms with Gasteiger partial charge in [0.25, 0.3) is 0 Å². The fourth-order valence-corrected chi connectivity index (χ4v) is 1.56. The molecule has 5 nitrogen and oxygen atoms in total. The minimum atomic E-state index is -0.184. The molecule has 0 unspecified atom stereocenters. The molecule has 0 aliphatic heterocycles. The van der Waals surface area contributed by atoms with Crippen LogP contribution >= 0.6 is 0 Å². The Labute approximate surface area is 120 Å². The monoisotopic (exact) mass is 280 g/mol. The van der Waals surface area contributed by atoms with E-state index in [2.05, 4.69) is 10.6 Å². The van der Waals surface area contributed by atoms with Gasteiger partial charge in [0.1, 0.15) is 0 Å². The molecule has 0 fully saturated rings. The molecule has 2 N–H and O–H groups in total. The van der Waals surface area contributed by atoms with Crippen LogP contribution in [-0.4, -0.2) is 32.4 Å². The summed E-state index contributed by atoms with van der Waals surface area (Å²) in [5.74, 6) is 0. The molecule has 0 aliphatic carbocycles. The van der Waals surface area contributed by atoms with Gasteiger partial charge in [0, 0.05) is 18.8 Å². The van der Waals surface area contributed by atoms with E-state index in [1.807, 2.05) is 38.1 Å². The zero-order valence-electron chi connectivity index (χ0n) is 12.4. The highest BCUT2D eigenvalue weighted by Gasteiger charge is 2.05. The zero-order valence-corrected chi connectivity index (χ0v) is 12.4. The molecule has 0 aliphatic rings. The summed E-state index contributed by atoms with van der Waals surface area (Å²) < 4.78 is 10.4. The Hall–Kier alpha value is -1.59. The van der Waals surface area contributed by atoms with Crippen LogP contribution < -0.4 is 10.6 Å². The van der Waals surface area contributed by atoms with Gasteiger partial charge in [-0.25, -0.2) is 4.79 Å². The van der Waals surface area contributed by atoms with E-state index in [1.165, 1.54) is 0 Å². The number of carbonyl (C=O) groups is 1. The van der Waals surface area contributed by atoms with E-state index in [0.29, 0.717) is 19.8 Å². The number of amides is 2. The predicted molar refractivity (Wildman–Crippen MR) is 79.9 cm³/mol. The first-order chi connectivity index (χ1) is 9.65. The van der Waals surface area contributed by atoms with Crippen molar-refractivity contribution in [2.45, 2.75) is 32.9 Å². The van der Waals surface area contributed by atoms with E-state index < -0.39 is 0 Å². The van der Waals surface area contributed by atoms with Crippen LogP contribution in [0.25, 0.3) is 0 Å². The van der Waals surface area contributed by atoms with Gasteiger partial charge in [0.15, 0.2) is 0 Å². The van der Waals surface area contributed by atoms with Crippen LogP contribution in [0.4, 0.5) is 10.5 Å². The van der Waals surface area contributed by atoms with Crippen molar-refractivity contribution in [3.05, 3.63) is 29.8 Å². The van der Waals surface area contributed by atoms with Gasteiger partial charge in [-0.05, 0) is 31.0 Å². The van der Waals surface area contributed by atoms with Crippen molar-refractivity contribution in [2.24, 2.45) is 0 Å². The number of rotatable bonds is 8. The van der Waals surface area contributed by atoms with E-state index in [1.54, 1.807) is 7.11 Å². The van der Waals surface area contributed by atoms with E-state index in [4.69, 9.17) is 9.47 Å². The third-order valence-corrected chi connectivity index (χ3v) is 2.88. The number of urea groups is 1. The highest BCUT2D eigenvalue weighted by Crippen LogP contribution is 2.11. The minimum absolute atomic E-state index is 0.163. The lowest BCUT2D eigenvalue weighted by atomic mass is 10.2. The Kier molecular flexibility index (Phi) is 7.69. The van der Waals surface area contributed by atoms with E-state index >= 15 is 0 Å². The van der Waals surface area contributed by atoms with Gasteiger partial charge < -0.3 is 20.1 Å². The molecule has 1 rings (SSSR count). The fourth-order valence-electron chi connectivity index (χ4n) is 1.56. The summed E-state index contributed by atoms with van der Waals surface area (Å²) in [6.07, 6.45) is 0.904. The maximum absolute atomic E-state index is 11.7. The van der Waals surface area contributed by atoms with Crippen LogP contribution in [0.5, 0.6) is 0 Å². The molecule has 0 bridgehead atoms. The number of hydrogen-bond donors (Lipinski definition) is 2. The summed E-state index contributed by atoms with van der Waals surface area (Å²) in [6.45, 7) is 5.65. The molecule has 0 aromatic heterocycles. The van der Waals surface area contributed by atoms with E-state index in [9.17, 15) is 4.79 Å². The lowest BCUT2D eigenvalue weighted by molar-refractivity contribution is 0.0617. The first-order valence-corrected chi connectivity index (χ1v) is 6.88. The van der Waals surface area contributed by atoms with Gasteiger partial charge in [-0.15, -0.1) is 0 Å². The summed E-state index contributed by atoms with van der Waals surface area (Å²) in [5.41, 5.74) is 1.78. The smallest absolute Gasteiger partial charge is 0.319 e. The van der Waals surface area contributed by atoms with Crippen molar-refractivity contribution in [2.75, 3.05) is 25.6 Å². The average Bonchev–Trinajstić information content (AvgIpc) is 2.43. The Balaban J connectivity index is 2.44. The lowest BCUT2D eigenvalue weighted by Crippen LogP contribution is -2.35. The van der Waals surface area contributed by atoms with Crippen LogP contribution in [0, 0.1) is 0 Å². The van der Waals surface area contributed by atoms with Crippen LogP contribution in [0.1, 0.15) is 25.8 Å². The molecule has 2 amide bonds. The first kappa shape index (κ1) is 16.5. The number of nitrogens with one attached hydrogen (secondary N) is 2. The molecule has 112 valence electrons. The SMILES string of the molecule is CC[C@@H](C)NC(=O)Nc1cccc(COCCOC)c1. The molecule has 0 heterocycles. The summed E-state index contributed by atoms with van der Waals surface area (Å²) in [7, 11) is 1.64. The predicted octanol–water partition coefficient (Wildman–Crippen LogP) is 2.77. The second kappa shape index (κ2) is 9.34. The second-order valence-corrected chi connectivity index (χ2v) is 4.65. The molecule has 5 heteroatoms. The fraction of sp³-hybridized carbons (Fsp3) is 0.533. The highest BCUT2D eigenvalue weighted by molar-refractivity contribution is 5.89. The summed E-state index contributed by atoms with van der Waals surface area (Å²) in [4.78, 5) is 11.7. The number of carbonyl (C=O) groups excluding carboxylic acids is 1. The Morgan fingerprint density at radius 1 is 1.35 bits per heavy atom. The van der Waals surface area contributed by atoms with Gasteiger partial charge in [-0.3, -0.25) is 0 Å². The van der Waals surface area contributed by atoms with E-state index in [0.717, 1.165) is 17.7 Å². The molecule has 20 heavy (non-hydrogen) atoms. The quantitative estimate of drug-likeness (QED) is 0.720. The molecular weight excluding hydrogens is 256 g/mol.